The molecule has 1 heterocycles. The number of rotatable bonds is 8. The quantitative estimate of drug-likeness (QED) is 0.642. The molecule has 1 aliphatic heterocycles. The van der Waals surface area contributed by atoms with Crippen molar-refractivity contribution in [1.82, 2.24) is 10.0 Å². The summed E-state index contributed by atoms with van der Waals surface area (Å²) < 4.78 is 31.1. The summed E-state index contributed by atoms with van der Waals surface area (Å²) in [5.74, 6) is -0.441. The van der Waals surface area contributed by atoms with Crippen molar-refractivity contribution in [2.45, 2.75) is 44.6 Å². The highest BCUT2D eigenvalue weighted by molar-refractivity contribution is 7.90. The first-order valence-electron chi connectivity index (χ1n) is 8.80. The number of hydrogen-bond acceptors (Lipinski definition) is 6. The lowest BCUT2D eigenvalue weighted by Crippen LogP contribution is -2.36. The SMILES string of the molecule is CC(C)CC[C@H](C)NC(=O)COC(=O)CN=C1NS(=O)(=O)c2ccccc21. The number of amides is 1. The third-order valence-corrected chi connectivity index (χ3v) is 5.37. The van der Waals surface area contributed by atoms with E-state index in [1.165, 1.54) is 6.07 Å². The molecule has 0 fully saturated rings. The molecule has 2 rings (SSSR count). The lowest BCUT2D eigenvalue weighted by molar-refractivity contribution is -0.147. The predicted molar refractivity (Wildman–Crippen MR) is 101 cm³/mol. The Morgan fingerprint density at radius 3 is 2.59 bits per heavy atom. The first-order chi connectivity index (χ1) is 12.7. The molecule has 9 heteroatoms. The predicted octanol–water partition coefficient (Wildman–Crippen LogP) is 1.21. The van der Waals surface area contributed by atoms with E-state index in [4.69, 9.17) is 4.74 Å². The third-order valence-electron chi connectivity index (χ3n) is 3.98. The Balaban J connectivity index is 1.82. The summed E-state index contributed by atoms with van der Waals surface area (Å²) >= 11 is 0. The van der Waals surface area contributed by atoms with Crippen LogP contribution < -0.4 is 10.0 Å². The number of benzene rings is 1. The van der Waals surface area contributed by atoms with Gasteiger partial charge in [-0.05, 0) is 37.8 Å². The lowest BCUT2D eigenvalue weighted by Gasteiger charge is -2.14. The second kappa shape index (κ2) is 8.98. The van der Waals surface area contributed by atoms with Crippen LogP contribution in [0.5, 0.6) is 0 Å². The van der Waals surface area contributed by atoms with Gasteiger partial charge in [0.05, 0.1) is 4.90 Å². The largest absolute Gasteiger partial charge is 0.454 e. The molecule has 0 unspecified atom stereocenters. The molecule has 2 N–H and O–H groups in total. The van der Waals surface area contributed by atoms with E-state index < -0.39 is 22.6 Å². The number of hydrogen-bond donors (Lipinski definition) is 2. The normalized spacial score (nSPS) is 17.3. The topological polar surface area (TPSA) is 114 Å². The first-order valence-corrected chi connectivity index (χ1v) is 10.3. The maximum Gasteiger partial charge on any atom is 0.328 e. The smallest absolute Gasteiger partial charge is 0.328 e. The Kier molecular flexibility index (Phi) is 6.95. The Bertz CT molecular complexity index is 833. The number of amidine groups is 1. The zero-order valence-electron chi connectivity index (χ0n) is 15.7. The minimum absolute atomic E-state index is 0.00300. The lowest BCUT2D eigenvalue weighted by atomic mass is 10.0. The molecule has 0 spiro atoms. The molecular weight excluding hydrogens is 370 g/mol. The van der Waals surface area contributed by atoms with E-state index in [-0.39, 0.29) is 29.2 Å². The fourth-order valence-corrected chi connectivity index (χ4v) is 3.81. The molecule has 148 valence electrons. The highest BCUT2D eigenvalue weighted by Gasteiger charge is 2.30. The zero-order chi connectivity index (χ0) is 20.0. The van der Waals surface area contributed by atoms with Crippen LogP contribution in [-0.2, 0) is 24.3 Å². The van der Waals surface area contributed by atoms with E-state index >= 15 is 0 Å². The number of nitrogens with zero attached hydrogens (tertiary/aromatic N) is 1. The number of aliphatic imine (C=N–C) groups is 1. The molecule has 1 aromatic carbocycles. The standard InChI is InChI=1S/C18H25N3O5S/c1-12(2)8-9-13(3)20-16(22)11-26-17(23)10-19-18-14-6-4-5-7-15(14)27(24,25)21-18/h4-7,12-13H,8-11H2,1-3H3,(H,19,21)(H,20,22)/t13-/m0/s1. The van der Waals surface area contributed by atoms with Gasteiger partial charge in [-0.25, -0.2) is 8.42 Å². The van der Waals surface area contributed by atoms with Gasteiger partial charge in [0.2, 0.25) is 0 Å². The number of esters is 1. The van der Waals surface area contributed by atoms with Crippen molar-refractivity contribution in [1.29, 1.82) is 0 Å². The molecule has 1 aromatic rings. The number of carbonyl (C=O) groups excluding carboxylic acids is 2. The molecule has 1 amide bonds. The van der Waals surface area contributed by atoms with E-state index in [1.54, 1.807) is 18.2 Å². The van der Waals surface area contributed by atoms with Gasteiger partial charge in [0, 0.05) is 11.6 Å². The third kappa shape index (κ3) is 6.06. The van der Waals surface area contributed by atoms with Gasteiger partial charge < -0.3 is 10.1 Å². The Morgan fingerprint density at radius 2 is 1.89 bits per heavy atom. The van der Waals surface area contributed by atoms with Gasteiger partial charge in [-0.1, -0.05) is 26.0 Å². The number of fused-ring (bicyclic) bond motifs is 1. The molecule has 0 saturated heterocycles. The van der Waals surface area contributed by atoms with E-state index in [9.17, 15) is 18.0 Å². The highest BCUT2D eigenvalue weighted by atomic mass is 32.2. The number of nitrogens with one attached hydrogen (secondary N) is 2. The van der Waals surface area contributed by atoms with Crippen molar-refractivity contribution in [2.75, 3.05) is 13.2 Å². The van der Waals surface area contributed by atoms with Crippen LogP contribution in [0.1, 0.15) is 39.2 Å². The van der Waals surface area contributed by atoms with E-state index in [1.807, 2.05) is 6.92 Å². The second-order valence-corrected chi connectivity index (χ2v) is 8.52. The Hall–Kier alpha value is -2.42. The minimum Gasteiger partial charge on any atom is -0.454 e. The van der Waals surface area contributed by atoms with Gasteiger partial charge in [-0.15, -0.1) is 0 Å². The summed E-state index contributed by atoms with van der Waals surface area (Å²) in [5.41, 5.74) is 0.405. The Labute approximate surface area is 159 Å². The zero-order valence-corrected chi connectivity index (χ0v) is 16.5. The number of carbonyl (C=O) groups is 2. The van der Waals surface area contributed by atoms with Gasteiger partial charge in [-0.3, -0.25) is 19.3 Å². The van der Waals surface area contributed by atoms with E-state index in [2.05, 4.69) is 28.9 Å². The van der Waals surface area contributed by atoms with Crippen LogP contribution in [0, 0.1) is 5.92 Å². The van der Waals surface area contributed by atoms with Crippen molar-refractivity contribution in [3.63, 3.8) is 0 Å². The average molecular weight is 395 g/mol. The molecular formula is C18H25N3O5S. The first kappa shape index (κ1) is 20.9. The van der Waals surface area contributed by atoms with Crippen molar-refractivity contribution in [3.05, 3.63) is 29.8 Å². The minimum atomic E-state index is -3.65. The van der Waals surface area contributed by atoms with Crippen LogP contribution >= 0.6 is 0 Å². The molecule has 1 atom stereocenters. The molecule has 0 aromatic heterocycles. The van der Waals surface area contributed by atoms with Crippen molar-refractivity contribution in [2.24, 2.45) is 10.9 Å². The summed E-state index contributed by atoms with van der Waals surface area (Å²) in [4.78, 5) is 27.7. The fourth-order valence-electron chi connectivity index (χ4n) is 2.56. The van der Waals surface area contributed by atoms with Crippen LogP contribution in [0.15, 0.2) is 34.2 Å². The summed E-state index contributed by atoms with van der Waals surface area (Å²) in [5, 5.41) is 2.77. The fraction of sp³-hybridized carbons (Fsp3) is 0.500. The molecule has 0 aliphatic carbocycles. The number of ether oxygens (including phenoxy) is 1. The van der Waals surface area contributed by atoms with Crippen LogP contribution in [0.4, 0.5) is 0 Å². The second-order valence-electron chi connectivity index (χ2n) is 6.87. The molecule has 8 nitrogen and oxygen atoms in total. The monoisotopic (exact) mass is 395 g/mol. The molecule has 0 saturated carbocycles. The maximum atomic E-state index is 12.0. The van der Waals surface area contributed by atoms with E-state index in [0.29, 0.717) is 11.5 Å². The summed E-state index contributed by atoms with van der Waals surface area (Å²) in [7, 11) is -3.65. The van der Waals surface area contributed by atoms with Gasteiger partial charge >= 0.3 is 5.97 Å². The van der Waals surface area contributed by atoms with Crippen LogP contribution in [0.25, 0.3) is 0 Å². The maximum absolute atomic E-state index is 12.0. The molecule has 0 bridgehead atoms. The average Bonchev–Trinajstić information content (AvgIpc) is 2.87. The number of sulfonamides is 1. The van der Waals surface area contributed by atoms with Gasteiger partial charge in [0.15, 0.2) is 6.61 Å². The van der Waals surface area contributed by atoms with Crippen molar-refractivity contribution in [3.8, 4) is 0 Å². The van der Waals surface area contributed by atoms with Gasteiger partial charge in [0.1, 0.15) is 12.4 Å². The van der Waals surface area contributed by atoms with Gasteiger partial charge in [-0.2, -0.15) is 0 Å². The van der Waals surface area contributed by atoms with Crippen LogP contribution in [0.2, 0.25) is 0 Å². The molecule has 0 radical (unpaired) electrons. The van der Waals surface area contributed by atoms with Crippen LogP contribution in [-0.4, -0.2) is 45.3 Å². The molecule has 27 heavy (non-hydrogen) atoms. The molecule has 1 aliphatic rings. The highest BCUT2D eigenvalue weighted by Crippen LogP contribution is 2.21. The van der Waals surface area contributed by atoms with Crippen molar-refractivity contribution >= 4 is 27.7 Å². The summed E-state index contributed by atoms with van der Waals surface area (Å²) in [6, 6.07) is 6.35. The van der Waals surface area contributed by atoms with Crippen molar-refractivity contribution < 1.29 is 22.7 Å². The summed E-state index contributed by atoms with van der Waals surface area (Å²) in [6.07, 6.45) is 1.85. The Morgan fingerprint density at radius 1 is 1.19 bits per heavy atom. The van der Waals surface area contributed by atoms with Gasteiger partial charge in [0.25, 0.3) is 15.9 Å². The summed E-state index contributed by atoms with van der Waals surface area (Å²) in [6.45, 7) is 5.35. The van der Waals surface area contributed by atoms with Crippen LogP contribution in [0.3, 0.4) is 0 Å². The van der Waals surface area contributed by atoms with E-state index in [0.717, 1.165) is 12.8 Å².